The maximum atomic E-state index is 11.9. The fourth-order valence-electron chi connectivity index (χ4n) is 2.29. The summed E-state index contributed by atoms with van der Waals surface area (Å²) in [6.07, 6.45) is 3.50. The molecule has 0 saturated carbocycles. The van der Waals surface area contributed by atoms with E-state index < -0.39 is 0 Å². The van der Waals surface area contributed by atoms with Crippen molar-refractivity contribution < 1.29 is 4.79 Å². The van der Waals surface area contributed by atoms with E-state index in [0.29, 0.717) is 11.6 Å². The summed E-state index contributed by atoms with van der Waals surface area (Å²) in [6, 6.07) is 3.31. The Bertz CT molecular complexity index is 685. The first-order valence-electron chi connectivity index (χ1n) is 6.18. The average Bonchev–Trinajstić information content (AvgIpc) is 2.95. The largest absolute Gasteiger partial charge is 0.324 e. The second-order valence-corrected chi connectivity index (χ2v) is 5.80. The van der Waals surface area contributed by atoms with Crippen LogP contribution in [-0.2, 0) is 4.79 Å². The summed E-state index contributed by atoms with van der Waals surface area (Å²) in [4.78, 5) is 11.9. The van der Waals surface area contributed by atoms with Crippen molar-refractivity contribution in [1.82, 2.24) is 15.1 Å². The number of hydrogen-bond acceptors (Lipinski definition) is 3. The van der Waals surface area contributed by atoms with Gasteiger partial charge in [-0.25, -0.2) is 4.68 Å². The van der Waals surface area contributed by atoms with Gasteiger partial charge in [0.05, 0.1) is 21.4 Å². The number of carbonyl (C=O) groups is 1. The lowest BCUT2D eigenvalue weighted by molar-refractivity contribution is -0.117. The molecule has 1 aliphatic heterocycles. The maximum Gasteiger partial charge on any atom is 0.246 e. The van der Waals surface area contributed by atoms with E-state index in [1.807, 2.05) is 25.3 Å². The molecule has 3 rings (SSSR count). The number of nitrogens with zero attached hydrogens (tertiary/aromatic N) is 2. The zero-order valence-electron chi connectivity index (χ0n) is 10.7. The van der Waals surface area contributed by atoms with Gasteiger partial charge in [-0.15, -0.1) is 0 Å². The minimum Gasteiger partial charge on any atom is -0.324 e. The lowest BCUT2D eigenvalue weighted by Crippen LogP contribution is -2.27. The smallest absolute Gasteiger partial charge is 0.246 e. The number of carbonyl (C=O) groups excluding carboxylic acids is 1. The van der Waals surface area contributed by atoms with E-state index in [9.17, 15) is 4.79 Å². The Morgan fingerprint density at radius 2 is 2.35 bits per heavy atom. The summed E-state index contributed by atoms with van der Waals surface area (Å²) in [5.74, 6) is -0.0586. The molecular formula is C13H12BrClN4O. The fraction of sp³-hybridized carbons (Fsp3) is 0.231. The second-order valence-electron chi connectivity index (χ2n) is 4.47. The van der Waals surface area contributed by atoms with Gasteiger partial charge in [0, 0.05) is 17.4 Å². The molecule has 5 nitrogen and oxygen atoms in total. The van der Waals surface area contributed by atoms with Crippen LogP contribution in [0.3, 0.4) is 0 Å². The molecule has 1 aliphatic rings. The summed E-state index contributed by atoms with van der Waals surface area (Å²) in [7, 11) is 0. The molecule has 7 heteroatoms. The molecule has 1 aromatic heterocycles. The number of hydrogen-bond donors (Lipinski definition) is 2. The van der Waals surface area contributed by atoms with Gasteiger partial charge in [0.15, 0.2) is 0 Å². The molecule has 0 spiro atoms. The monoisotopic (exact) mass is 354 g/mol. The van der Waals surface area contributed by atoms with Crippen LogP contribution in [0.4, 0.5) is 5.69 Å². The summed E-state index contributed by atoms with van der Waals surface area (Å²) in [5, 5.41) is 10.8. The first-order chi connectivity index (χ1) is 9.60. The number of rotatable bonds is 3. The van der Waals surface area contributed by atoms with Crippen LogP contribution in [0.15, 0.2) is 29.0 Å². The summed E-state index contributed by atoms with van der Waals surface area (Å²) in [5.41, 5.74) is 2.37. The normalized spacial score (nSPS) is 17.1. The lowest BCUT2D eigenvalue weighted by Gasteiger charge is -2.11. The SMILES string of the molecule is CCNC1C(=O)Nc2cc(-n3cc(Br)cn3)c(Cl)cc21. The van der Waals surface area contributed by atoms with Crippen molar-refractivity contribution in [2.24, 2.45) is 0 Å². The number of halogens is 2. The summed E-state index contributed by atoms with van der Waals surface area (Å²) >= 11 is 9.67. The van der Waals surface area contributed by atoms with Crippen LogP contribution >= 0.6 is 27.5 Å². The predicted octanol–water partition coefficient (Wildman–Crippen LogP) is 2.89. The first kappa shape index (κ1) is 13.6. The molecule has 0 fully saturated rings. The number of fused-ring (bicyclic) bond motifs is 1. The van der Waals surface area contributed by atoms with Gasteiger partial charge < -0.3 is 10.6 Å². The molecular weight excluding hydrogens is 344 g/mol. The van der Waals surface area contributed by atoms with Crippen molar-refractivity contribution in [3.8, 4) is 5.69 Å². The minimum absolute atomic E-state index is 0.0586. The predicted molar refractivity (Wildman–Crippen MR) is 81.3 cm³/mol. The Hall–Kier alpha value is -1.37. The van der Waals surface area contributed by atoms with Crippen LogP contribution in [-0.4, -0.2) is 22.2 Å². The van der Waals surface area contributed by atoms with Crippen molar-refractivity contribution in [2.45, 2.75) is 13.0 Å². The van der Waals surface area contributed by atoms with Crippen molar-refractivity contribution in [3.63, 3.8) is 0 Å². The van der Waals surface area contributed by atoms with Gasteiger partial charge in [0.2, 0.25) is 5.91 Å². The number of benzene rings is 1. The van der Waals surface area contributed by atoms with Gasteiger partial charge in [-0.2, -0.15) is 5.10 Å². The molecule has 2 N–H and O–H groups in total. The van der Waals surface area contributed by atoms with Gasteiger partial charge in [-0.05, 0) is 34.6 Å². The second kappa shape index (κ2) is 5.20. The van der Waals surface area contributed by atoms with Gasteiger partial charge in [-0.3, -0.25) is 4.79 Å². The molecule has 1 unspecified atom stereocenters. The standard InChI is InChI=1S/C13H12BrClN4O/c1-2-16-12-8-3-9(15)11(4-10(8)18-13(12)20)19-6-7(14)5-17-19/h3-6,12,16H,2H2,1H3,(H,18,20). The van der Waals surface area contributed by atoms with E-state index in [2.05, 4.69) is 31.7 Å². The Kier molecular flexibility index (Phi) is 3.54. The van der Waals surface area contributed by atoms with Gasteiger partial charge >= 0.3 is 0 Å². The van der Waals surface area contributed by atoms with Crippen LogP contribution < -0.4 is 10.6 Å². The molecule has 0 aliphatic carbocycles. The van der Waals surface area contributed by atoms with Crippen molar-refractivity contribution in [3.05, 3.63) is 39.6 Å². The molecule has 1 atom stereocenters. The number of nitrogens with one attached hydrogen (secondary N) is 2. The summed E-state index contributed by atoms with van der Waals surface area (Å²) < 4.78 is 2.53. The molecule has 1 amide bonds. The number of aromatic nitrogens is 2. The highest BCUT2D eigenvalue weighted by Crippen LogP contribution is 2.36. The van der Waals surface area contributed by atoms with E-state index in [-0.39, 0.29) is 11.9 Å². The van der Waals surface area contributed by atoms with E-state index in [0.717, 1.165) is 21.4 Å². The quantitative estimate of drug-likeness (QED) is 0.890. The van der Waals surface area contributed by atoms with Crippen LogP contribution in [0.2, 0.25) is 5.02 Å². The Balaban J connectivity index is 2.06. The highest BCUT2D eigenvalue weighted by Gasteiger charge is 2.31. The Morgan fingerprint density at radius 1 is 1.55 bits per heavy atom. The van der Waals surface area contributed by atoms with Gasteiger partial charge in [0.1, 0.15) is 6.04 Å². The highest BCUT2D eigenvalue weighted by molar-refractivity contribution is 9.10. The van der Waals surface area contributed by atoms with Crippen LogP contribution in [0, 0.1) is 0 Å². The van der Waals surface area contributed by atoms with E-state index in [4.69, 9.17) is 11.6 Å². The lowest BCUT2D eigenvalue weighted by atomic mass is 10.1. The molecule has 2 heterocycles. The molecule has 0 saturated heterocycles. The van der Waals surface area contributed by atoms with Crippen LogP contribution in [0.5, 0.6) is 0 Å². The van der Waals surface area contributed by atoms with Crippen molar-refractivity contribution in [1.29, 1.82) is 0 Å². The van der Waals surface area contributed by atoms with E-state index in [1.54, 1.807) is 10.9 Å². The number of amides is 1. The van der Waals surface area contributed by atoms with E-state index >= 15 is 0 Å². The van der Waals surface area contributed by atoms with Crippen LogP contribution in [0.1, 0.15) is 18.5 Å². The average molecular weight is 356 g/mol. The minimum atomic E-state index is -0.342. The Labute approximate surface area is 129 Å². The zero-order chi connectivity index (χ0) is 14.3. The third-order valence-electron chi connectivity index (χ3n) is 3.16. The zero-order valence-corrected chi connectivity index (χ0v) is 13.0. The van der Waals surface area contributed by atoms with Crippen LogP contribution in [0.25, 0.3) is 5.69 Å². The van der Waals surface area contributed by atoms with E-state index in [1.165, 1.54) is 0 Å². The summed E-state index contributed by atoms with van der Waals surface area (Å²) in [6.45, 7) is 2.67. The van der Waals surface area contributed by atoms with Crippen molar-refractivity contribution in [2.75, 3.05) is 11.9 Å². The molecule has 2 aromatic rings. The molecule has 0 bridgehead atoms. The maximum absolute atomic E-state index is 11.9. The molecule has 1 aromatic carbocycles. The molecule has 20 heavy (non-hydrogen) atoms. The molecule has 104 valence electrons. The van der Waals surface area contributed by atoms with Crippen molar-refractivity contribution >= 4 is 39.1 Å². The first-order valence-corrected chi connectivity index (χ1v) is 7.35. The topological polar surface area (TPSA) is 59.0 Å². The number of likely N-dealkylation sites (N-methyl/N-ethyl adjacent to an activating group) is 1. The van der Waals surface area contributed by atoms with Gasteiger partial charge in [-0.1, -0.05) is 18.5 Å². The molecule has 0 radical (unpaired) electrons. The van der Waals surface area contributed by atoms with Gasteiger partial charge in [0.25, 0.3) is 0 Å². The number of anilines is 1. The third kappa shape index (κ3) is 2.24. The third-order valence-corrected chi connectivity index (χ3v) is 3.87. The Morgan fingerprint density at radius 3 is 3.00 bits per heavy atom. The fourth-order valence-corrected chi connectivity index (χ4v) is 2.83. The highest BCUT2D eigenvalue weighted by atomic mass is 79.9.